The summed E-state index contributed by atoms with van der Waals surface area (Å²) < 4.78 is 26.2. The molecule has 9 heteroatoms. The summed E-state index contributed by atoms with van der Waals surface area (Å²) in [7, 11) is -2.04. The van der Waals surface area contributed by atoms with Crippen LogP contribution >= 0.6 is 0 Å². The SMILES string of the molecule is CNc1ncc(S(=O)(=O)NCCC(=O)NC2CC2)cn1. The fourth-order valence-electron chi connectivity index (χ4n) is 1.49. The molecule has 2 rings (SSSR count). The number of carbonyl (C=O) groups is 1. The van der Waals surface area contributed by atoms with E-state index in [0.717, 1.165) is 12.8 Å². The van der Waals surface area contributed by atoms with Crippen molar-refractivity contribution in [3.8, 4) is 0 Å². The number of sulfonamides is 1. The maximum absolute atomic E-state index is 11.9. The summed E-state index contributed by atoms with van der Waals surface area (Å²) in [6.07, 6.45) is 4.56. The van der Waals surface area contributed by atoms with E-state index < -0.39 is 10.0 Å². The summed E-state index contributed by atoms with van der Waals surface area (Å²) in [5, 5.41) is 5.49. The Labute approximate surface area is 117 Å². The minimum absolute atomic E-state index is 0.0286. The van der Waals surface area contributed by atoms with Crippen molar-refractivity contribution in [2.75, 3.05) is 18.9 Å². The monoisotopic (exact) mass is 299 g/mol. The first kappa shape index (κ1) is 14.7. The molecule has 20 heavy (non-hydrogen) atoms. The van der Waals surface area contributed by atoms with Gasteiger partial charge in [-0.15, -0.1) is 0 Å². The minimum atomic E-state index is -3.68. The average molecular weight is 299 g/mol. The predicted octanol–water partition coefficient (Wildman–Crippen LogP) is -0.535. The first-order valence-electron chi connectivity index (χ1n) is 6.30. The van der Waals surface area contributed by atoms with Crippen molar-refractivity contribution < 1.29 is 13.2 Å². The number of amides is 1. The van der Waals surface area contributed by atoms with Crippen LogP contribution in [0.1, 0.15) is 19.3 Å². The van der Waals surface area contributed by atoms with Gasteiger partial charge in [0, 0.05) is 26.1 Å². The molecule has 8 nitrogen and oxygen atoms in total. The number of nitrogens with one attached hydrogen (secondary N) is 3. The van der Waals surface area contributed by atoms with Crippen molar-refractivity contribution >= 4 is 21.9 Å². The van der Waals surface area contributed by atoms with Crippen molar-refractivity contribution in [3.05, 3.63) is 12.4 Å². The fourth-order valence-corrected chi connectivity index (χ4v) is 2.41. The molecule has 3 N–H and O–H groups in total. The summed E-state index contributed by atoms with van der Waals surface area (Å²) in [5.74, 6) is 0.199. The molecule has 0 radical (unpaired) electrons. The molecule has 0 atom stereocenters. The van der Waals surface area contributed by atoms with E-state index in [1.54, 1.807) is 7.05 Å². The highest BCUT2D eigenvalue weighted by Gasteiger charge is 2.23. The van der Waals surface area contributed by atoms with Crippen LogP contribution in [0.3, 0.4) is 0 Å². The Balaban J connectivity index is 1.84. The largest absolute Gasteiger partial charge is 0.357 e. The molecule has 0 saturated heterocycles. The third kappa shape index (κ3) is 4.14. The molecule has 0 unspecified atom stereocenters. The van der Waals surface area contributed by atoms with E-state index in [0.29, 0.717) is 5.95 Å². The van der Waals surface area contributed by atoms with Crippen molar-refractivity contribution in [2.45, 2.75) is 30.2 Å². The van der Waals surface area contributed by atoms with Gasteiger partial charge in [0.2, 0.25) is 21.9 Å². The quantitative estimate of drug-likeness (QED) is 0.623. The smallest absolute Gasteiger partial charge is 0.243 e. The van der Waals surface area contributed by atoms with Gasteiger partial charge in [-0.25, -0.2) is 23.1 Å². The number of hydrogen-bond acceptors (Lipinski definition) is 6. The summed E-state index contributed by atoms with van der Waals surface area (Å²) in [6, 6.07) is 0.279. The minimum Gasteiger partial charge on any atom is -0.357 e. The molecule has 0 aromatic carbocycles. The Morgan fingerprint density at radius 1 is 1.35 bits per heavy atom. The van der Waals surface area contributed by atoms with Crippen LogP contribution < -0.4 is 15.4 Å². The van der Waals surface area contributed by atoms with E-state index in [4.69, 9.17) is 0 Å². The topological polar surface area (TPSA) is 113 Å². The van der Waals surface area contributed by atoms with Gasteiger partial charge in [0.05, 0.1) is 12.4 Å². The Hall–Kier alpha value is -1.74. The number of hydrogen-bond donors (Lipinski definition) is 3. The second-order valence-corrected chi connectivity index (χ2v) is 6.25. The van der Waals surface area contributed by atoms with Crippen molar-refractivity contribution in [1.29, 1.82) is 0 Å². The highest BCUT2D eigenvalue weighted by Crippen LogP contribution is 2.18. The summed E-state index contributed by atoms with van der Waals surface area (Å²) in [4.78, 5) is 19.1. The van der Waals surface area contributed by atoms with E-state index in [1.807, 2.05) is 0 Å². The van der Waals surface area contributed by atoms with E-state index in [2.05, 4.69) is 25.3 Å². The summed E-state index contributed by atoms with van der Waals surface area (Å²) in [6.45, 7) is 0.0503. The third-order valence-electron chi connectivity index (χ3n) is 2.75. The van der Waals surface area contributed by atoms with Crippen LogP contribution in [0.5, 0.6) is 0 Å². The molecule has 0 aliphatic heterocycles. The number of aromatic nitrogens is 2. The Morgan fingerprint density at radius 3 is 2.55 bits per heavy atom. The zero-order chi connectivity index (χ0) is 14.6. The lowest BCUT2D eigenvalue weighted by Crippen LogP contribution is -2.31. The number of carbonyl (C=O) groups excluding carboxylic acids is 1. The molecule has 1 aliphatic rings. The summed E-state index contributed by atoms with van der Waals surface area (Å²) >= 11 is 0. The maximum Gasteiger partial charge on any atom is 0.243 e. The summed E-state index contributed by atoms with van der Waals surface area (Å²) in [5.41, 5.74) is 0. The molecule has 1 fully saturated rings. The molecule has 1 heterocycles. The molecular formula is C11H17N5O3S. The van der Waals surface area contributed by atoms with Crippen LogP contribution in [0.25, 0.3) is 0 Å². The third-order valence-corrected chi connectivity index (χ3v) is 4.16. The molecule has 1 amide bonds. The highest BCUT2D eigenvalue weighted by molar-refractivity contribution is 7.89. The first-order chi connectivity index (χ1) is 9.51. The lowest BCUT2D eigenvalue weighted by atomic mass is 10.4. The molecule has 0 spiro atoms. The molecular weight excluding hydrogens is 282 g/mol. The van der Waals surface area contributed by atoms with Crippen LogP contribution in [0.15, 0.2) is 17.3 Å². The number of anilines is 1. The highest BCUT2D eigenvalue weighted by atomic mass is 32.2. The fraction of sp³-hybridized carbons (Fsp3) is 0.545. The van der Waals surface area contributed by atoms with Gasteiger partial charge in [0.15, 0.2) is 0 Å². The molecule has 1 aliphatic carbocycles. The molecule has 1 saturated carbocycles. The number of nitrogens with zero attached hydrogens (tertiary/aromatic N) is 2. The Bertz CT molecular complexity index is 568. The number of rotatable bonds is 7. The van der Waals surface area contributed by atoms with Crippen LogP contribution in [0.4, 0.5) is 5.95 Å². The van der Waals surface area contributed by atoms with Crippen LogP contribution in [0, 0.1) is 0 Å². The average Bonchev–Trinajstić information content (AvgIpc) is 3.22. The predicted molar refractivity (Wildman–Crippen MR) is 72.5 cm³/mol. The van der Waals surface area contributed by atoms with Crippen LogP contribution in [-0.4, -0.2) is 43.9 Å². The molecule has 1 aromatic rings. The Morgan fingerprint density at radius 2 is 2.00 bits per heavy atom. The van der Waals surface area contributed by atoms with Gasteiger partial charge in [0.1, 0.15) is 4.90 Å². The van der Waals surface area contributed by atoms with E-state index in [1.165, 1.54) is 12.4 Å². The lowest BCUT2D eigenvalue weighted by Gasteiger charge is -2.07. The van der Waals surface area contributed by atoms with E-state index >= 15 is 0 Å². The van der Waals surface area contributed by atoms with Gasteiger partial charge < -0.3 is 10.6 Å². The Kier molecular flexibility index (Phi) is 4.50. The van der Waals surface area contributed by atoms with Gasteiger partial charge >= 0.3 is 0 Å². The zero-order valence-corrected chi connectivity index (χ0v) is 11.9. The van der Waals surface area contributed by atoms with E-state index in [-0.39, 0.29) is 29.8 Å². The van der Waals surface area contributed by atoms with Crippen molar-refractivity contribution in [1.82, 2.24) is 20.0 Å². The normalized spacial score (nSPS) is 14.8. The second kappa shape index (κ2) is 6.14. The van der Waals surface area contributed by atoms with Crippen LogP contribution in [-0.2, 0) is 14.8 Å². The lowest BCUT2D eigenvalue weighted by molar-refractivity contribution is -0.121. The van der Waals surface area contributed by atoms with Crippen molar-refractivity contribution in [3.63, 3.8) is 0 Å². The maximum atomic E-state index is 11.9. The van der Waals surface area contributed by atoms with Gasteiger partial charge in [-0.1, -0.05) is 0 Å². The van der Waals surface area contributed by atoms with E-state index in [9.17, 15) is 13.2 Å². The first-order valence-corrected chi connectivity index (χ1v) is 7.78. The molecule has 1 aromatic heterocycles. The molecule has 0 bridgehead atoms. The van der Waals surface area contributed by atoms with Crippen molar-refractivity contribution in [2.24, 2.45) is 0 Å². The van der Waals surface area contributed by atoms with Gasteiger partial charge in [-0.2, -0.15) is 0 Å². The van der Waals surface area contributed by atoms with Gasteiger partial charge in [-0.3, -0.25) is 4.79 Å². The van der Waals surface area contributed by atoms with Gasteiger partial charge in [-0.05, 0) is 12.8 Å². The molecule has 110 valence electrons. The standard InChI is InChI=1S/C11H17N5O3S/c1-12-11-13-6-9(7-14-11)20(18,19)15-5-4-10(17)16-8-2-3-8/h6-8,15H,2-5H2,1H3,(H,16,17)(H,12,13,14). The van der Waals surface area contributed by atoms with Crippen LogP contribution in [0.2, 0.25) is 0 Å². The second-order valence-electron chi connectivity index (χ2n) is 4.48. The van der Waals surface area contributed by atoms with Gasteiger partial charge in [0.25, 0.3) is 0 Å². The zero-order valence-electron chi connectivity index (χ0n) is 11.1.